The number of hydrogen-bond donors (Lipinski definition) is 0. The second-order valence-electron chi connectivity index (χ2n) is 4.75. The lowest BCUT2D eigenvalue weighted by molar-refractivity contribution is -0.144. The molecule has 0 heterocycles. The minimum atomic E-state index is -0.579. The van der Waals surface area contributed by atoms with Gasteiger partial charge in [-0.2, -0.15) is 0 Å². The van der Waals surface area contributed by atoms with Gasteiger partial charge in [-0.05, 0) is 19.4 Å². The highest BCUT2D eigenvalue weighted by Gasteiger charge is 2.23. The molecule has 22 heavy (non-hydrogen) atoms. The van der Waals surface area contributed by atoms with Crippen molar-refractivity contribution in [3.8, 4) is 0 Å². The monoisotopic (exact) mass is 303 g/mol. The average Bonchev–Trinajstić information content (AvgIpc) is 2.51. The zero-order chi connectivity index (χ0) is 16.5. The first-order valence-electron chi connectivity index (χ1n) is 7.17. The summed E-state index contributed by atoms with van der Waals surface area (Å²) in [6.45, 7) is 5.25. The standard InChI is InChI=1S/C17H21NO4/c1-4-22-16(20)11-8-12-18(17(21)14(3)19)13(2)15-9-6-5-7-10-15/h5-11,13H,4,12H2,1-3H3/b11-8+/t13-/m1/s1. The van der Waals surface area contributed by atoms with E-state index in [4.69, 9.17) is 4.74 Å². The number of Topliss-reactive ketones (excluding diaryl/α,β-unsaturated/α-hetero) is 1. The number of rotatable bonds is 7. The lowest BCUT2D eigenvalue weighted by atomic mass is 10.1. The number of ketones is 1. The molecule has 0 radical (unpaired) electrons. The van der Waals surface area contributed by atoms with Gasteiger partial charge in [0.05, 0.1) is 12.6 Å². The average molecular weight is 303 g/mol. The van der Waals surface area contributed by atoms with E-state index in [1.54, 1.807) is 6.92 Å². The lowest BCUT2D eigenvalue weighted by Gasteiger charge is -2.27. The lowest BCUT2D eigenvalue weighted by Crippen LogP contribution is -2.37. The molecule has 0 spiro atoms. The van der Waals surface area contributed by atoms with E-state index >= 15 is 0 Å². The van der Waals surface area contributed by atoms with Crippen LogP contribution in [-0.4, -0.2) is 35.7 Å². The van der Waals surface area contributed by atoms with Crippen LogP contribution in [0.5, 0.6) is 0 Å². The number of esters is 1. The van der Waals surface area contributed by atoms with E-state index in [-0.39, 0.29) is 12.6 Å². The largest absolute Gasteiger partial charge is 0.463 e. The molecule has 0 aromatic heterocycles. The van der Waals surface area contributed by atoms with Gasteiger partial charge in [0.15, 0.2) is 0 Å². The Morgan fingerprint density at radius 3 is 2.41 bits per heavy atom. The number of carbonyl (C=O) groups is 3. The third-order valence-electron chi connectivity index (χ3n) is 3.15. The first-order valence-corrected chi connectivity index (χ1v) is 7.17. The van der Waals surface area contributed by atoms with Gasteiger partial charge < -0.3 is 9.64 Å². The predicted molar refractivity (Wildman–Crippen MR) is 83.0 cm³/mol. The molecule has 0 aliphatic rings. The fourth-order valence-corrected chi connectivity index (χ4v) is 1.98. The summed E-state index contributed by atoms with van der Waals surface area (Å²) in [6, 6.07) is 9.13. The summed E-state index contributed by atoms with van der Waals surface area (Å²) < 4.78 is 4.78. The molecular formula is C17H21NO4. The number of amides is 1. The fourth-order valence-electron chi connectivity index (χ4n) is 1.98. The fraction of sp³-hybridized carbons (Fsp3) is 0.353. The van der Waals surface area contributed by atoms with Crippen LogP contribution in [0, 0.1) is 0 Å². The van der Waals surface area contributed by atoms with Gasteiger partial charge in [-0.25, -0.2) is 4.79 Å². The van der Waals surface area contributed by atoms with Crippen molar-refractivity contribution in [2.45, 2.75) is 26.8 Å². The minimum absolute atomic E-state index is 0.160. The van der Waals surface area contributed by atoms with Crippen molar-refractivity contribution < 1.29 is 19.1 Å². The van der Waals surface area contributed by atoms with Crippen LogP contribution in [0.2, 0.25) is 0 Å². The maximum Gasteiger partial charge on any atom is 0.330 e. The molecule has 0 fully saturated rings. The van der Waals surface area contributed by atoms with E-state index in [0.29, 0.717) is 6.61 Å². The minimum Gasteiger partial charge on any atom is -0.463 e. The number of benzene rings is 1. The van der Waals surface area contributed by atoms with E-state index in [1.165, 1.54) is 24.0 Å². The maximum atomic E-state index is 12.1. The Labute approximate surface area is 130 Å². The van der Waals surface area contributed by atoms with Crippen molar-refractivity contribution >= 4 is 17.7 Å². The highest BCUT2D eigenvalue weighted by molar-refractivity contribution is 6.35. The van der Waals surface area contributed by atoms with E-state index in [9.17, 15) is 14.4 Å². The van der Waals surface area contributed by atoms with Gasteiger partial charge in [-0.3, -0.25) is 9.59 Å². The molecule has 0 saturated carbocycles. The molecular weight excluding hydrogens is 282 g/mol. The Hall–Kier alpha value is -2.43. The van der Waals surface area contributed by atoms with Crippen LogP contribution >= 0.6 is 0 Å². The van der Waals surface area contributed by atoms with Crippen molar-refractivity contribution in [1.82, 2.24) is 4.90 Å². The molecule has 0 aliphatic heterocycles. The summed E-state index contributed by atoms with van der Waals surface area (Å²) in [6.07, 6.45) is 2.79. The van der Waals surface area contributed by atoms with Gasteiger partial charge in [0, 0.05) is 19.5 Å². The highest BCUT2D eigenvalue weighted by Crippen LogP contribution is 2.20. The van der Waals surface area contributed by atoms with Crippen molar-refractivity contribution in [1.29, 1.82) is 0 Å². The predicted octanol–water partition coefficient (Wildman–Crippen LogP) is 2.28. The molecule has 118 valence electrons. The molecule has 1 aromatic rings. The first-order chi connectivity index (χ1) is 10.5. The van der Waals surface area contributed by atoms with Gasteiger partial charge in [0.1, 0.15) is 0 Å². The van der Waals surface area contributed by atoms with Crippen molar-refractivity contribution in [2.24, 2.45) is 0 Å². The van der Waals surface area contributed by atoms with E-state index in [0.717, 1.165) is 5.56 Å². The summed E-state index contributed by atoms with van der Waals surface area (Å²) in [4.78, 5) is 36.2. The summed E-state index contributed by atoms with van der Waals surface area (Å²) in [5, 5.41) is 0. The van der Waals surface area contributed by atoms with Gasteiger partial charge in [-0.15, -0.1) is 0 Å². The second kappa shape index (κ2) is 8.77. The van der Waals surface area contributed by atoms with Crippen LogP contribution in [0.1, 0.15) is 32.4 Å². The van der Waals surface area contributed by atoms with Crippen molar-refractivity contribution in [3.63, 3.8) is 0 Å². The second-order valence-corrected chi connectivity index (χ2v) is 4.75. The Kier molecular flexibility index (Phi) is 7.02. The number of nitrogens with zero attached hydrogens (tertiary/aromatic N) is 1. The highest BCUT2D eigenvalue weighted by atomic mass is 16.5. The summed E-state index contributed by atoms with van der Waals surface area (Å²) in [5.74, 6) is -1.58. The zero-order valence-electron chi connectivity index (χ0n) is 13.1. The summed E-state index contributed by atoms with van der Waals surface area (Å²) in [7, 11) is 0. The quantitative estimate of drug-likeness (QED) is 0.440. The van der Waals surface area contributed by atoms with Gasteiger partial charge in [-0.1, -0.05) is 36.4 Å². The molecule has 5 heteroatoms. The van der Waals surface area contributed by atoms with E-state index < -0.39 is 17.7 Å². The normalized spacial score (nSPS) is 12.0. The molecule has 0 bridgehead atoms. The van der Waals surface area contributed by atoms with Crippen molar-refractivity contribution in [2.75, 3.05) is 13.2 Å². The van der Waals surface area contributed by atoms with Crippen LogP contribution in [0.3, 0.4) is 0 Å². The van der Waals surface area contributed by atoms with Gasteiger partial charge in [0.25, 0.3) is 5.91 Å². The summed E-state index contributed by atoms with van der Waals surface area (Å²) >= 11 is 0. The van der Waals surface area contributed by atoms with Crippen LogP contribution < -0.4 is 0 Å². The molecule has 1 aromatic carbocycles. The molecule has 1 amide bonds. The Morgan fingerprint density at radius 2 is 1.86 bits per heavy atom. The van der Waals surface area contributed by atoms with Crippen LogP contribution in [0.25, 0.3) is 0 Å². The Morgan fingerprint density at radius 1 is 1.23 bits per heavy atom. The third-order valence-corrected chi connectivity index (χ3v) is 3.15. The first kappa shape index (κ1) is 17.6. The van der Waals surface area contributed by atoms with Crippen LogP contribution in [-0.2, 0) is 19.1 Å². The topological polar surface area (TPSA) is 63.7 Å². The number of hydrogen-bond acceptors (Lipinski definition) is 4. The molecule has 0 N–H and O–H groups in total. The molecule has 5 nitrogen and oxygen atoms in total. The third kappa shape index (κ3) is 5.16. The summed E-state index contributed by atoms with van der Waals surface area (Å²) in [5.41, 5.74) is 0.918. The van der Waals surface area contributed by atoms with Gasteiger partial charge >= 0.3 is 5.97 Å². The molecule has 0 aliphatic carbocycles. The maximum absolute atomic E-state index is 12.1. The Balaban J connectivity index is 2.87. The van der Waals surface area contributed by atoms with Crippen LogP contribution in [0.4, 0.5) is 0 Å². The van der Waals surface area contributed by atoms with E-state index in [2.05, 4.69) is 0 Å². The van der Waals surface area contributed by atoms with Crippen molar-refractivity contribution in [3.05, 3.63) is 48.0 Å². The smallest absolute Gasteiger partial charge is 0.330 e. The number of carbonyl (C=O) groups excluding carboxylic acids is 3. The molecule has 0 saturated heterocycles. The SMILES string of the molecule is CCOC(=O)/C=C/CN(C(=O)C(C)=O)[C@H](C)c1ccccc1. The zero-order valence-corrected chi connectivity index (χ0v) is 13.1. The molecule has 0 unspecified atom stereocenters. The van der Waals surface area contributed by atoms with Crippen LogP contribution in [0.15, 0.2) is 42.5 Å². The number of ether oxygens (including phenoxy) is 1. The molecule has 1 atom stereocenters. The van der Waals surface area contributed by atoms with Gasteiger partial charge in [0.2, 0.25) is 5.78 Å². The van der Waals surface area contributed by atoms with E-state index in [1.807, 2.05) is 37.3 Å². The Bertz CT molecular complexity index is 551. The molecule has 1 rings (SSSR count).